The smallest absolute Gasteiger partial charge is 0.174 e. The predicted molar refractivity (Wildman–Crippen MR) is 334 cm³/mol. The van der Waals surface area contributed by atoms with Crippen LogP contribution < -0.4 is 14.2 Å². The summed E-state index contributed by atoms with van der Waals surface area (Å²) in [6.45, 7) is 38.8. The first kappa shape index (κ1) is 56.6. The van der Waals surface area contributed by atoms with Crippen LogP contribution in [0.3, 0.4) is 0 Å². The number of hydrogen-bond donors (Lipinski definition) is 0. The molecule has 8 aliphatic carbocycles. The minimum Gasteiger partial charge on any atom is -0.485 e. The summed E-state index contributed by atoms with van der Waals surface area (Å²) in [4.78, 5) is 34.4. The van der Waals surface area contributed by atoms with Crippen molar-refractivity contribution in [2.75, 3.05) is 39.3 Å². The van der Waals surface area contributed by atoms with Crippen molar-refractivity contribution in [3.8, 4) is 17.2 Å². The molecule has 5 saturated carbocycles. The van der Waals surface area contributed by atoms with E-state index < -0.39 is 0 Å². The Morgan fingerprint density at radius 3 is 1.42 bits per heavy atom. The number of likely N-dealkylation sites (tertiary alicyclic amines) is 3. The molecular weight excluding hydrogens is 1020 g/mol. The van der Waals surface area contributed by atoms with Crippen LogP contribution in [0.25, 0.3) is 0 Å². The summed E-state index contributed by atoms with van der Waals surface area (Å²) in [7, 11) is 0. The van der Waals surface area contributed by atoms with Gasteiger partial charge >= 0.3 is 0 Å². The quantitative estimate of drug-likeness (QED) is 0.207. The topological polar surface area (TPSA) is 71.5 Å². The lowest BCUT2D eigenvalue weighted by Crippen LogP contribution is -2.71. The van der Waals surface area contributed by atoms with Gasteiger partial charge in [-0.3, -0.25) is 24.3 Å². The van der Waals surface area contributed by atoms with Crippen molar-refractivity contribution in [3.63, 3.8) is 0 Å². The van der Waals surface area contributed by atoms with Gasteiger partial charge in [-0.1, -0.05) is 132 Å². The minimum absolute atomic E-state index is 0. The maximum atomic E-state index is 13.2. The van der Waals surface area contributed by atoms with Crippen LogP contribution in [0.1, 0.15) is 228 Å². The molecule has 3 aromatic rings. The molecule has 446 valence electrons. The highest BCUT2D eigenvalue weighted by molar-refractivity contribution is 5.90. The number of rotatable bonds is 8. The minimum atomic E-state index is -0.274. The van der Waals surface area contributed by atoms with Crippen LogP contribution in [-0.2, 0) is 50.5 Å². The molecule has 8 heteroatoms. The van der Waals surface area contributed by atoms with E-state index in [0.29, 0.717) is 59.8 Å². The second-order valence-electron chi connectivity index (χ2n) is 31.7. The molecule has 83 heavy (non-hydrogen) atoms. The molecule has 0 N–H and O–H groups in total. The number of carbonyl (C=O) groups is 2. The largest absolute Gasteiger partial charge is 0.485 e. The molecular formula is C75H101N3O5. The Morgan fingerprint density at radius 2 is 0.976 bits per heavy atom. The Balaban J connectivity index is 0.000000110. The molecule has 0 amide bonds. The lowest BCUT2D eigenvalue weighted by atomic mass is 9.43. The average molecular weight is 1120 g/mol. The Labute approximate surface area is 499 Å². The molecule has 6 heterocycles. The highest BCUT2D eigenvalue weighted by atomic mass is 16.5. The van der Waals surface area contributed by atoms with Gasteiger partial charge < -0.3 is 14.2 Å². The molecule has 6 aliphatic heterocycles. The van der Waals surface area contributed by atoms with Crippen molar-refractivity contribution >= 4 is 11.6 Å². The summed E-state index contributed by atoms with van der Waals surface area (Å²) in [5, 5.41) is 0. The zero-order valence-electron chi connectivity index (χ0n) is 51.9. The first-order chi connectivity index (χ1) is 39.1. The van der Waals surface area contributed by atoms with Gasteiger partial charge in [0, 0.05) is 72.7 Å². The maximum absolute atomic E-state index is 13.2. The highest BCUT2D eigenvalue weighted by Crippen LogP contribution is 2.72. The monoisotopic (exact) mass is 1120 g/mol. The van der Waals surface area contributed by atoms with Crippen LogP contribution in [-0.4, -0.2) is 102 Å². The van der Waals surface area contributed by atoms with Gasteiger partial charge in [0.1, 0.15) is 23.4 Å². The first-order valence-electron chi connectivity index (χ1n) is 33.2. The van der Waals surface area contributed by atoms with Crippen LogP contribution in [0.4, 0.5) is 0 Å². The van der Waals surface area contributed by atoms with E-state index >= 15 is 0 Å². The van der Waals surface area contributed by atoms with Crippen LogP contribution in [0.15, 0.2) is 61.2 Å². The van der Waals surface area contributed by atoms with Crippen molar-refractivity contribution in [2.24, 2.45) is 28.1 Å². The number of ketones is 2. The van der Waals surface area contributed by atoms with Gasteiger partial charge in [-0.25, -0.2) is 0 Å². The van der Waals surface area contributed by atoms with E-state index in [1.165, 1.54) is 121 Å². The van der Waals surface area contributed by atoms with Crippen LogP contribution in [0.5, 0.6) is 17.2 Å². The predicted octanol–water partition coefficient (Wildman–Crippen LogP) is 14.6. The molecule has 12 unspecified atom stereocenters. The average Bonchev–Trinajstić information content (AvgIpc) is 1.83. The first-order valence-corrected chi connectivity index (χ1v) is 33.2. The SMILES string of the molecule is C.C=C1CCC2(C)C3Cc4ccc(C(C)C)c5c4C2(CCN3CC2CCC2)C1O5.C=CCN1CCC23c4c5ccc(C(C)C)c4OC2C(=O)CCC3(C)C1C5.CC(C)(C)c1ccc2c3c1OC1C(=O)CCC4(C)C(C2)N(CC2CC2)CCC314. The third-order valence-electron chi connectivity index (χ3n) is 26.4. The summed E-state index contributed by atoms with van der Waals surface area (Å²) < 4.78 is 20.1. The standard InChI is InChI=1S/C26H35NO.C25H33NO2.C23H29NO2.CH4/c1-16(2)20-9-8-19-14-21-25(4)11-10-17(3)24-26(25,22(19)23(20)28-24)12-13-27(21)15-18-6-5-7-18;1-23(2,3)17-8-7-16-13-19-24(4)10-9-18(27)22-25(24,20(16)21(17)28-22)11-12-26(19)14-15-5-6-15;1-5-11-24-12-10-23-19-15-6-7-16(14(2)3)20(19)26-21(23)17(25)8-9-22(23,4)18(24)13-15;/h8-9,16,18,21,24H,3,5-7,10-15H2,1-2,4H3;7-8,15,19,22H,5-6,9-14H2,1-4H3;5-7,14,18,21H,1,8-13H2,2-4H3;1H4. The molecule has 3 spiro atoms. The number of hydrogen-bond acceptors (Lipinski definition) is 8. The van der Waals surface area contributed by atoms with Gasteiger partial charge in [0.2, 0.25) is 0 Å². The lowest BCUT2D eigenvalue weighted by Gasteiger charge is -2.65. The molecule has 6 bridgehead atoms. The fraction of sp³-hybridized carbons (Fsp3) is 0.680. The molecule has 0 aromatic heterocycles. The highest BCUT2D eigenvalue weighted by Gasteiger charge is 2.74. The van der Waals surface area contributed by atoms with Crippen molar-refractivity contribution in [1.29, 1.82) is 0 Å². The van der Waals surface area contributed by atoms with Gasteiger partial charge in [0.05, 0.1) is 10.8 Å². The maximum Gasteiger partial charge on any atom is 0.174 e. The van der Waals surface area contributed by atoms with Crippen LogP contribution in [0.2, 0.25) is 0 Å². The van der Waals surface area contributed by atoms with Gasteiger partial charge in [0.15, 0.2) is 23.8 Å². The number of carbonyl (C=O) groups excluding carboxylic acids is 2. The van der Waals surface area contributed by atoms with Crippen molar-refractivity contribution in [1.82, 2.24) is 14.7 Å². The molecule has 3 aromatic carbocycles. The summed E-state index contributed by atoms with van der Waals surface area (Å²) in [6, 6.07) is 15.7. The Kier molecular flexibility index (Phi) is 13.0. The second kappa shape index (κ2) is 19.1. The fourth-order valence-corrected chi connectivity index (χ4v) is 21.7. The van der Waals surface area contributed by atoms with Crippen LogP contribution in [0, 0.1) is 28.1 Å². The summed E-state index contributed by atoms with van der Waals surface area (Å²) in [6.07, 6.45) is 21.4. The number of ether oxygens (including phenoxy) is 3. The number of benzene rings is 3. The Morgan fingerprint density at radius 1 is 0.566 bits per heavy atom. The van der Waals surface area contributed by atoms with E-state index in [2.05, 4.69) is 133 Å². The molecule has 8 fully saturated rings. The Bertz CT molecular complexity index is 3210. The molecule has 3 saturated heterocycles. The van der Waals surface area contributed by atoms with Gasteiger partial charge in [-0.2, -0.15) is 0 Å². The zero-order valence-corrected chi connectivity index (χ0v) is 51.9. The molecule has 12 atom stereocenters. The molecule has 14 aliphatic rings. The number of nitrogens with zero attached hydrogens (tertiary/aromatic N) is 3. The van der Waals surface area contributed by atoms with E-state index in [-0.39, 0.29) is 58.2 Å². The molecule has 0 radical (unpaired) electrons. The number of piperidine rings is 3. The molecule has 17 rings (SSSR count). The van der Waals surface area contributed by atoms with E-state index in [1.807, 2.05) is 6.08 Å². The van der Waals surface area contributed by atoms with Gasteiger partial charge in [0.25, 0.3) is 0 Å². The lowest BCUT2D eigenvalue weighted by molar-refractivity contribution is -0.152. The van der Waals surface area contributed by atoms with Gasteiger partial charge in [-0.05, 0) is 194 Å². The third-order valence-corrected chi connectivity index (χ3v) is 26.4. The van der Waals surface area contributed by atoms with E-state index in [4.69, 9.17) is 14.2 Å². The van der Waals surface area contributed by atoms with Crippen LogP contribution >= 0.6 is 0 Å². The van der Waals surface area contributed by atoms with Crippen molar-refractivity contribution < 1.29 is 23.8 Å². The summed E-state index contributed by atoms with van der Waals surface area (Å²) in [5.74, 6) is 6.82. The number of Topliss-reactive ketones (excluding diaryl/α,β-unsaturated/α-hetero) is 2. The van der Waals surface area contributed by atoms with Crippen molar-refractivity contribution in [3.05, 3.63) is 111 Å². The second-order valence-corrected chi connectivity index (χ2v) is 31.7. The van der Waals surface area contributed by atoms with E-state index in [9.17, 15) is 9.59 Å². The third kappa shape index (κ3) is 7.39. The molecule has 8 nitrogen and oxygen atoms in total. The van der Waals surface area contributed by atoms with E-state index in [0.717, 1.165) is 87.9 Å². The van der Waals surface area contributed by atoms with Gasteiger partial charge in [-0.15, -0.1) is 6.58 Å². The summed E-state index contributed by atoms with van der Waals surface area (Å²) >= 11 is 0. The normalized spacial score (nSPS) is 38.0. The fourth-order valence-electron chi connectivity index (χ4n) is 21.7. The Hall–Kier alpha value is -4.24. The van der Waals surface area contributed by atoms with Crippen molar-refractivity contribution in [2.45, 2.75) is 256 Å². The zero-order chi connectivity index (χ0) is 57.0. The summed E-state index contributed by atoms with van der Waals surface area (Å²) in [5.41, 5.74) is 14.7. The van der Waals surface area contributed by atoms with E-state index in [1.54, 1.807) is 11.1 Å².